The van der Waals surface area contributed by atoms with Crippen molar-refractivity contribution in [3.05, 3.63) is 47.0 Å². The molecular formula is C19H26FN3O. The van der Waals surface area contributed by atoms with E-state index >= 15 is 0 Å². The average molecular weight is 331 g/mol. The molecule has 1 fully saturated rings. The largest absolute Gasteiger partial charge is 0.389 e. The zero-order valence-corrected chi connectivity index (χ0v) is 14.5. The highest BCUT2D eigenvalue weighted by atomic mass is 19.1. The molecule has 0 spiro atoms. The molecule has 1 aliphatic carbocycles. The van der Waals surface area contributed by atoms with Crippen LogP contribution in [0, 0.1) is 19.7 Å². The lowest BCUT2D eigenvalue weighted by atomic mass is 9.85. The predicted molar refractivity (Wildman–Crippen MR) is 92.7 cm³/mol. The summed E-state index contributed by atoms with van der Waals surface area (Å²) in [4.78, 5) is 0. The summed E-state index contributed by atoms with van der Waals surface area (Å²) in [6.07, 6.45) is 5.21. The molecule has 1 aromatic heterocycles. The lowest BCUT2D eigenvalue weighted by molar-refractivity contribution is 0.00465. The van der Waals surface area contributed by atoms with E-state index in [1.54, 1.807) is 12.1 Å². The third-order valence-electron chi connectivity index (χ3n) is 5.05. The fourth-order valence-electron chi connectivity index (χ4n) is 3.57. The molecule has 2 aromatic rings. The van der Waals surface area contributed by atoms with Crippen LogP contribution in [0.5, 0.6) is 0 Å². The summed E-state index contributed by atoms with van der Waals surface area (Å²) < 4.78 is 15.0. The summed E-state index contributed by atoms with van der Waals surface area (Å²) >= 11 is 0. The molecule has 0 amide bonds. The summed E-state index contributed by atoms with van der Waals surface area (Å²) in [5, 5.41) is 18.6. The molecule has 0 radical (unpaired) electrons. The van der Waals surface area contributed by atoms with Crippen LogP contribution in [0.4, 0.5) is 4.39 Å². The molecule has 0 saturated heterocycles. The molecule has 24 heavy (non-hydrogen) atoms. The SMILES string of the molecule is Cc1nn(-c2ccc(F)cc2)c(C)c1CNCC1(O)CCCCC1. The summed E-state index contributed by atoms with van der Waals surface area (Å²) in [7, 11) is 0. The van der Waals surface area contributed by atoms with Crippen LogP contribution in [0.15, 0.2) is 24.3 Å². The zero-order valence-electron chi connectivity index (χ0n) is 14.5. The highest BCUT2D eigenvalue weighted by molar-refractivity contribution is 5.37. The van der Waals surface area contributed by atoms with E-state index in [0.29, 0.717) is 13.1 Å². The van der Waals surface area contributed by atoms with Gasteiger partial charge in [-0.25, -0.2) is 9.07 Å². The van der Waals surface area contributed by atoms with Gasteiger partial charge in [0.2, 0.25) is 0 Å². The molecule has 1 aliphatic rings. The Bertz CT molecular complexity index is 687. The van der Waals surface area contributed by atoms with Crippen LogP contribution < -0.4 is 5.32 Å². The smallest absolute Gasteiger partial charge is 0.123 e. The van der Waals surface area contributed by atoms with Gasteiger partial charge in [-0.3, -0.25) is 0 Å². The van der Waals surface area contributed by atoms with E-state index in [0.717, 1.165) is 48.3 Å². The Morgan fingerprint density at radius 1 is 1.17 bits per heavy atom. The normalized spacial score (nSPS) is 17.2. The fraction of sp³-hybridized carbons (Fsp3) is 0.526. The molecule has 5 heteroatoms. The molecule has 1 aromatic carbocycles. The molecule has 0 atom stereocenters. The first-order valence-electron chi connectivity index (χ1n) is 8.73. The summed E-state index contributed by atoms with van der Waals surface area (Å²) in [6, 6.07) is 6.36. The number of aromatic nitrogens is 2. The first-order chi connectivity index (χ1) is 11.5. The number of nitrogens with zero attached hydrogens (tertiary/aromatic N) is 2. The number of halogens is 1. The van der Waals surface area contributed by atoms with Gasteiger partial charge in [0.05, 0.1) is 17.0 Å². The molecule has 4 nitrogen and oxygen atoms in total. The predicted octanol–water partition coefficient (Wildman–Crippen LogP) is 3.41. The van der Waals surface area contributed by atoms with Gasteiger partial charge in [-0.05, 0) is 51.0 Å². The highest BCUT2D eigenvalue weighted by Gasteiger charge is 2.28. The van der Waals surface area contributed by atoms with Gasteiger partial charge >= 0.3 is 0 Å². The van der Waals surface area contributed by atoms with Crippen molar-refractivity contribution in [1.82, 2.24) is 15.1 Å². The summed E-state index contributed by atoms with van der Waals surface area (Å²) in [5.74, 6) is -0.247. The Kier molecular flexibility index (Phi) is 5.01. The van der Waals surface area contributed by atoms with Crippen LogP contribution in [-0.4, -0.2) is 27.0 Å². The van der Waals surface area contributed by atoms with Crippen molar-refractivity contribution in [3.8, 4) is 5.69 Å². The van der Waals surface area contributed by atoms with E-state index in [4.69, 9.17) is 0 Å². The highest BCUT2D eigenvalue weighted by Crippen LogP contribution is 2.27. The van der Waals surface area contributed by atoms with Crippen LogP contribution in [0.3, 0.4) is 0 Å². The van der Waals surface area contributed by atoms with E-state index in [9.17, 15) is 9.50 Å². The number of hydrogen-bond donors (Lipinski definition) is 2. The van der Waals surface area contributed by atoms with Crippen LogP contribution in [-0.2, 0) is 6.54 Å². The van der Waals surface area contributed by atoms with Crippen molar-refractivity contribution in [1.29, 1.82) is 0 Å². The topological polar surface area (TPSA) is 50.1 Å². The fourth-order valence-corrected chi connectivity index (χ4v) is 3.57. The van der Waals surface area contributed by atoms with Crippen molar-refractivity contribution in [3.63, 3.8) is 0 Å². The van der Waals surface area contributed by atoms with Gasteiger partial charge in [-0.1, -0.05) is 19.3 Å². The second-order valence-electron chi connectivity index (χ2n) is 6.93. The minimum absolute atomic E-state index is 0.247. The third kappa shape index (κ3) is 3.68. The number of hydrogen-bond acceptors (Lipinski definition) is 3. The quantitative estimate of drug-likeness (QED) is 0.883. The lowest BCUT2D eigenvalue weighted by Gasteiger charge is -2.32. The molecule has 0 unspecified atom stereocenters. The maximum atomic E-state index is 13.1. The van der Waals surface area contributed by atoms with Crippen LogP contribution in [0.2, 0.25) is 0 Å². The number of benzene rings is 1. The number of nitrogens with one attached hydrogen (secondary N) is 1. The van der Waals surface area contributed by atoms with Gasteiger partial charge in [-0.15, -0.1) is 0 Å². The Labute approximate surface area is 142 Å². The Morgan fingerprint density at radius 2 is 1.83 bits per heavy atom. The van der Waals surface area contributed by atoms with Crippen LogP contribution in [0.1, 0.15) is 49.1 Å². The van der Waals surface area contributed by atoms with Gasteiger partial charge < -0.3 is 10.4 Å². The van der Waals surface area contributed by atoms with Gasteiger partial charge in [0.1, 0.15) is 5.82 Å². The molecule has 0 aliphatic heterocycles. The molecular weight excluding hydrogens is 305 g/mol. The molecule has 130 valence electrons. The first-order valence-corrected chi connectivity index (χ1v) is 8.73. The van der Waals surface area contributed by atoms with Gasteiger partial charge in [0.25, 0.3) is 0 Å². The maximum Gasteiger partial charge on any atom is 0.123 e. The number of rotatable bonds is 5. The van der Waals surface area contributed by atoms with E-state index in [2.05, 4.69) is 10.4 Å². The molecule has 1 saturated carbocycles. The van der Waals surface area contributed by atoms with E-state index in [1.165, 1.54) is 18.6 Å². The Morgan fingerprint density at radius 3 is 2.50 bits per heavy atom. The monoisotopic (exact) mass is 331 g/mol. The van der Waals surface area contributed by atoms with Crippen LogP contribution >= 0.6 is 0 Å². The second-order valence-corrected chi connectivity index (χ2v) is 6.93. The summed E-state index contributed by atoms with van der Waals surface area (Å²) in [6.45, 7) is 5.31. The van der Waals surface area contributed by atoms with Gasteiger partial charge in [-0.2, -0.15) is 5.10 Å². The number of aliphatic hydroxyl groups is 1. The summed E-state index contributed by atoms with van der Waals surface area (Å²) in [5.41, 5.74) is 3.43. The molecule has 2 N–H and O–H groups in total. The minimum Gasteiger partial charge on any atom is -0.389 e. The molecule has 1 heterocycles. The standard InChI is InChI=1S/C19H26FN3O/c1-14-18(12-21-13-19(24)10-4-3-5-11-19)15(2)23(22-14)17-8-6-16(20)7-9-17/h6-9,21,24H,3-5,10-13H2,1-2H3. The zero-order chi connectivity index (χ0) is 17.2. The Hall–Kier alpha value is -1.72. The van der Waals surface area contributed by atoms with Gasteiger partial charge in [0.15, 0.2) is 0 Å². The van der Waals surface area contributed by atoms with Crippen molar-refractivity contribution in [2.75, 3.05) is 6.54 Å². The van der Waals surface area contributed by atoms with E-state index in [1.807, 2.05) is 18.5 Å². The first kappa shape index (κ1) is 17.1. The number of aryl methyl sites for hydroxylation is 1. The lowest BCUT2D eigenvalue weighted by Crippen LogP contribution is -2.42. The van der Waals surface area contributed by atoms with Crippen molar-refractivity contribution >= 4 is 0 Å². The molecule has 0 bridgehead atoms. The van der Waals surface area contributed by atoms with Crippen molar-refractivity contribution in [2.45, 2.75) is 58.1 Å². The van der Waals surface area contributed by atoms with Crippen LogP contribution in [0.25, 0.3) is 5.69 Å². The second kappa shape index (κ2) is 7.03. The van der Waals surface area contributed by atoms with E-state index < -0.39 is 5.60 Å². The van der Waals surface area contributed by atoms with Crippen molar-refractivity contribution < 1.29 is 9.50 Å². The Balaban J connectivity index is 1.69. The maximum absolute atomic E-state index is 13.1. The van der Waals surface area contributed by atoms with Gasteiger partial charge in [0, 0.05) is 24.3 Å². The third-order valence-corrected chi connectivity index (χ3v) is 5.05. The van der Waals surface area contributed by atoms with Crippen molar-refractivity contribution in [2.24, 2.45) is 0 Å². The minimum atomic E-state index is -0.562. The average Bonchev–Trinajstić information content (AvgIpc) is 2.84. The molecule has 3 rings (SSSR count). The van der Waals surface area contributed by atoms with E-state index in [-0.39, 0.29) is 5.82 Å².